The van der Waals surface area contributed by atoms with Crippen LogP contribution < -0.4 is 11.1 Å². The molecule has 4 fully saturated rings. The summed E-state index contributed by atoms with van der Waals surface area (Å²) in [4.78, 5) is 52.1. The van der Waals surface area contributed by atoms with E-state index in [1.807, 2.05) is 34.2 Å². The number of hydrogen-bond donors (Lipinski definition) is 2. The van der Waals surface area contributed by atoms with Crippen molar-refractivity contribution >= 4 is 52.3 Å². The van der Waals surface area contributed by atoms with Gasteiger partial charge in [0.15, 0.2) is 6.10 Å². The van der Waals surface area contributed by atoms with Gasteiger partial charge in [-0.25, -0.2) is 9.59 Å². The van der Waals surface area contributed by atoms with Crippen molar-refractivity contribution in [3.63, 3.8) is 0 Å². The Balaban J connectivity index is 0.988. The Bertz CT molecular complexity index is 1470. The van der Waals surface area contributed by atoms with Crippen LogP contribution in [0, 0.1) is 6.92 Å². The first-order valence-corrected chi connectivity index (χ1v) is 18.3. The molecule has 5 aliphatic rings. The second-order valence-electron chi connectivity index (χ2n) is 14.0. The average Bonchev–Trinajstić information content (AvgIpc) is 3.59. The van der Waals surface area contributed by atoms with E-state index in [1.165, 1.54) is 25.7 Å². The molecule has 1 aromatic heterocycles. The number of thiophene rings is 1. The molecule has 11 nitrogen and oxygen atoms in total. The van der Waals surface area contributed by atoms with Gasteiger partial charge in [0.2, 0.25) is 0 Å². The lowest BCUT2D eigenvalue weighted by atomic mass is 9.96. The normalized spacial score (nSPS) is 26.2. The Morgan fingerprint density at radius 3 is 2.38 bits per heavy atom. The lowest BCUT2D eigenvalue weighted by Crippen LogP contribution is -2.57. The van der Waals surface area contributed by atoms with Crippen LogP contribution in [-0.4, -0.2) is 119 Å². The number of nitrogens with two attached hydrogens (primary N) is 1. The number of aryl methyl sites for hydroxylation is 1. The summed E-state index contributed by atoms with van der Waals surface area (Å²) in [7, 11) is 2.27. The minimum atomic E-state index is -0.977. The Kier molecular flexibility index (Phi) is 9.30. The summed E-state index contributed by atoms with van der Waals surface area (Å²) >= 11 is 8.05. The van der Waals surface area contributed by atoms with Gasteiger partial charge in [0.1, 0.15) is 0 Å². The number of fused-ring (bicyclic) bond motifs is 3. The van der Waals surface area contributed by atoms with Crippen LogP contribution in [0.4, 0.5) is 21.0 Å². The van der Waals surface area contributed by atoms with E-state index < -0.39 is 12.2 Å². The molecule has 5 aliphatic heterocycles. The molecule has 13 heteroatoms. The van der Waals surface area contributed by atoms with Crippen molar-refractivity contribution in [2.75, 3.05) is 57.4 Å². The number of urea groups is 1. The van der Waals surface area contributed by atoms with Gasteiger partial charge in [-0.05, 0) is 81.1 Å². The van der Waals surface area contributed by atoms with Gasteiger partial charge >= 0.3 is 12.1 Å². The number of carbonyl (C=O) groups excluding carboxylic acids is 3. The standard InChI is InChI=1S/C34H46ClN7O4S/c1-21-15-22(16-27(35)31(21)36)17-29(32(43)40-12-10-39(11-13-40)26-18-24-3-4-25(19-26)38(24)2)46-34(45)41-8-5-23(6-9-41)42-20-30-28(7-14-47-30)37-33(42)44/h7,14-16,23-26,29H,3-6,8-13,17-20,36H2,1-2H3,(H,37,44)/t24?,25?,26?,29-/m1/s1. The molecule has 2 unspecified atom stereocenters. The molecule has 3 atom stereocenters. The Hall–Kier alpha value is -3.06. The lowest BCUT2D eigenvalue weighted by molar-refractivity contribution is -0.143. The fourth-order valence-electron chi connectivity index (χ4n) is 8.37. The average molecular weight is 684 g/mol. The van der Waals surface area contributed by atoms with E-state index in [1.54, 1.807) is 22.3 Å². The summed E-state index contributed by atoms with van der Waals surface area (Å²) in [6.45, 7) is 6.27. The molecule has 0 radical (unpaired) electrons. The fraction of sp³-hybridized carbons (Fsp3) is 0.618. The third kappa shape index (κ3) is 6.66. The number of likely N-dealkylation sites (tertiary alicyclic amines) is 1. The van der Waals surface area contributed by atoms with Crippen molar-refractivity contribution in [1.29, 1.82) is 0 Å². The van der Waals surface area contributed by atoms with Crippen molar-refractivity contribution in [2.24, 2.45) is 0 Å². The molecule has 0 saturated carbocycles. The summed E-state index contributed by atoms with van der Waals surface area (Å²) in [6, 6.07) is 7.46. The van der Waals surface area contributed by atoms with Crippen LogP contribution in [0.3, 0.4) is 0 Å². The third-order valence-corrected chi connectivity index (χ3v) is 12.5. The minimum Gasteiger partial charge on any atom is -0.436 e. The monoisotopic (exact) mass is 683 g/mol. The number of carbonyl (C=O) groups is 3. The summed E-state index contributed by atoms with van der Waals surface area (Å²) in [6.07, 6.45) is 5.03. The first-order chi connectivity index (χ1) is 22.6. The van der Waals surface area contributed by atoms with Crippen LogP contribution >= 0.6 is 22.9 Å². The zero-order valence-corrected chi connectivity index (χ0v) is 28.9. The molecule has 0 spiro atoms. The first kappa shape index (κ1) is 32.5. The minimum absolute atomic E-state index is 0.0303. The van der Waals surface area contributed by atoms with Crippen LogP contribution in [0.1, 0.15) is 54.5 Å². The third-order valence-electron chi connectivity index (χ3n) is 11.3. The van der Waals surface area contributed by atoms with Crippen molar-refractivity contribution in [3.05, 3.63) is 44.6 Å². The quantitative estimate of drug-likeness (QED) is 0.427. The van der Waals surface area contributed by atoms with Gasteiger partial charge in [-0.1, -0.05) is 17.7 Å². The Labute approximate surface area is 285 Å². The predicted molar refractivity (Wildman–Crippen MR) is 184 cm³/mol. The number of amides is 4. The molecular weight excluding hydrogens is 638 g/mol. The zero-order chi connectivity index (χ0) is 32.8. The number of nitrogen functional groups attached to an aromatic ring is 1. The van der Waals surface area contributed by atoms with Crippen molar-refractivity contribution < 1.29 is 19.1 Å². The van der Waals surface area contributed by atoms with E-state index in [0.717, 1.165) is 34.8 Å². The summed E-state index contributed by atoms with van der Waals surface area (Å²) in [5.41, 5.74) is 9.12. The topological polar surface area (TPSA) is 115 Å². The first-order valence-electron chi connectivity index (χ1n) is 17.0. The Morgan fingerprint density at radius 2 is 1.70 bits per heavy atom. The van der Waals surface area contributed by atoms with Crippen molar-refractivity contribution in [1.82, 2.24) is 24.5 Å². The van der Waals surface area contributed by atoms with Gasteiger partial charge in [-0.2, -0.15) is 0 Å². The largest absolute Gasteiger partial charge is 0.436 e. The van der Waals surface area contributed by atoms with Gasteiger partial charge in [0.05, 0.1) is 22.9 Å². The van der Waals surface area contributed by atoms with Crippen LogP contribution in [-0.2, 0) is 22.5 Å². The highest BCUT2D eigenvalue weighted by atomic mass is 35.5. The second kappa shape index (κ2) is 13.4. The molecule has 2 aromatic rings. The maximum Gasteiger partial charge on any atom is 0.410 e. The number of nitrogens with zero attached hydrogens (tertiary/aromatic N) is 5. The van der Waals surface area contributed by atoms with E-state index in [-0.39, 0.29) is 24.4 Å². The van der Waals surface area contributed by atoms with Gasteiger partial charge in [0.25, 0.3) is 5.91 Å². The van der Waals surface area contributed by atoms with E-state index in [9.17, 15) is 14.4 Å². The van der Waals surface area contributed by atoms with E-state index in [2.05, 4.69) is 22.2 Å². The number of anilines is 2. The number of ether oxygens (including phenoxy) is 1. The van der Waals surface area contributed by atoms with E-state index >= 15 is 0 Å². The van der Waals surface area contributed by atoms with Crippen LogP contribution in [0.2, 0.25) is 5.02 Å². The lowest BCUT2D eigenvalue weighted by Gasteiger charge is -2.45. The maximum atomic E-state index is 14.1. The van der Waals surface area contributed by atoms with Crippen LogP contribution in [0.15, 0.2) is 23.6 Å². The molecule has 47 heavy (non-hydrogen) atoms. The second-order valence-corrected chi connectivity index (χ2v) is 15.4. The molecule has 3 N–H and O–H groups in total. The number of piperidine rings is 2. The van der Waals surface area contributed by atoms with Crippen LogP contribution in [0.25, 0.3) is 0 Å². The zero-order valence-electron chi connectivity index (χ0n) is 27.3. The SMILES string of the molecule is Cc1cc(C[C@@H](OC(=O)N2CCC(N3Cc4sccc4NC3=O)CC2)C(=O)N2CCN(C3CC4CCC(C3)N4C)CC2)cc(Cl)c1N. The fourth-order valence-corrected chi connectivity index (χ4v) is 9.49. The molecule has 4 amide bonds. The number of halogens is 1. The number of nitrogens with one attached hydrogen (secondary N) is 1. The highest BCUT2D eigenvalue weighted by molar-refractivity contribution is 7.10. The van der Waals surface area contributed by atoms with E-state index in [0.29, 0.717) is 74.4 Å². The summed E-state index contributed by atoms with van der Waals surface area (Å²) < 4.78 is 6.06. The smallest absolute Gasteiger partial charge is 0.410 e. The highest BCUT2D eigenvalue weighted by Crippen LogP contribution is 2.37. The van der Waals surface area contributed by atoms with Gasteiger partial charge in [-0.3, -0.25) is 9.69 Å². The molecule has 6 heterocycles. The van der Waals surface area contributed by atoms with E-state index in [4.69, 9.17) is 22.1 Å². The highest BCUT2D eigenvalue weighted by Gasteiger charge is 2.42. The summed E-state index contributed by atoms with van der Waals surface area (Å²) in [5, 5.41) is 5.40. The van der Waals surface area contributed by atoms with Gasteiger partial charge < -0.3 is 35.4 Å². The molecule has 0 aliphatic carbocycles. The van der Waals surface area contributed by atoms with Gasteiger partial charge in [-0.15, -0.1) is 11.3 Å². The number of piperazine rings is 1. The molecule has 7 rings (SSSR count). The molecule has 1 aromatic carbocycles. The Morgan fingerprint density at radius 1 is 1.00 bits per heavy atom. The van der Waals surface area contributed by atoms with Gasteiger partial charge in [0, 0.05) is 74.7 Å². The van der Waals surface area contributed by atoms with Crippen molar-refractivity contribution in [2.45, 2.75) is 88.7 Å². The number of hydrogen-bond acceptors (Lipinski definition) is 8. The molecule has 254 valence electrons. The predicted octanol–water partition coefficient (Wildman–Crippen LogP) is 4.62. The molecule has 4 saturated heterocycles. The number of rotatable bonds is 6. The number of benzene rings is 1. The van der Waals surface area contributed by atoms with Crippen LogP contribution in [0.5, 0.6) is 0 Å². The molecular formula is C34H46ClN7O4S. The maximum absolute atomic E-state index is 14.1. The molecule has 2 bridgehead atoms. The summed E-state index contributed by atoms with van der Waals surface area (Å²) in [5.74, 6) is -0.168. The van der Waals surface area contributed by atoms with Crippen molar-refractivity contribution in [3.8, 4) is 0 Å².